The Morgan fingerprint density at radius 1 is 1.09 bits per heavy atom. The van der Waals surface area contributed by atoms with Gasteiger partial charge in [0.25, 0.3) is 0 Å². The normalized spacial score (nSPS) is 11.9. The number of imidazole rings is 1. The van der Waals surface area contributed by atoms with E-state index in [0.717, 1.165) is 41.9 Å². The van der Waals surface area contributed by atoms with Gasteiger partial charge in [-0.2, -0.15) is 18.4 Å². The summed E-state index contributed by atoms with van der Waals surface area (Å²) in [5.41, 5.74) is 2.73. The molecule has 0 aliphatic heterocycles. The predicted molar refractivity (Wildman–Crippen MR) is 120 cm³/mol. The van der Waals surface area contributed by atoms with Crippen molar-refractivity contribution in [1.29, 1.82) is 5.26 Å². The summed E-state index contributed by atoms with van der Waals surface area (Å²) < 4.78 is 40.9. The average molecular weight is 437 g/mol. The van der Waals surface area contributed by atoms with Crippen LogP contribution in [0, 0.1) is 11.3 Å². The van der Waals surface area contributed by atoms with Crippen LogP contribution in [-0.4, -0.2) is 41.5 Å². The van der Waals surface area contributed by atoms with Crippen molar-refractivity contribution in [3.63, 3.8) is 0 Å². The van der Waals surface area contributed by atoms with E-state index in [-0.39, 0.29) is 0 Å². The van der Waals surface area contributed by atoms with E-state index in [9.17, 15) is 18.4 Å². The Labute approximate surface area is 183 Å². The molecule has 2 aromatic heterocycles. The fourth-order valence-electron chi connectivity index (χ4n) is 3.75. The molecule has 0 fully saturated rings. The highest BCUT2D eigenvalue weighted by Gasteiger charge is 2.30. The van der Waals surface area contributed by atoms with Gasteiger partial charge in [0, 0.05) is 12.1 Å². The number of anilines is 1. The topological polar surface area (TPSA) is 56.4 Å². The second-order valence-electron chi connectivity index (χ2n) is 7.85. The molecule has 0 aliphatic rings. The molecule has 1 N–H and O–H groups in total. The fraction of sp³-hybridized carbons (Fsp3) is 0.250. The lowest BCUT2D eigenvalue weighted by atomic mass is 10.00. The zero-order valence-electron chi connectivity index (χ0n) is 17.7. The highest BCUT2D eigenvalue weighted by Crippen LogP contribution is 2.35. The van der Waals surface area contributed by atoms with Gasteiger partial charge in [-0.3, -0.25) is 4.40 Å². The molecule has 0 aliphatic carbocycles. The molecule has 0 saturated carbocycles. The summed E-state index contributed by atoms with van der Waals surface area (Å²) >= 11 is 0. The zero-order valence-corrected chi connectivity index (χ0v) is 17.7. The summed E-state index contributed by atoms with van der Waals surface area (Å²) in [6, 6.07) is 16.5. The quantitative estimate of drug-likeness (QED) is 0.410. The second-order valence-corrected chi connectivity index (χ2v) is 7.85. The number of nitrogens with zero attached hydrogens (tertiary/aromatic N) is 4. The number of fused-ring (bicyclic) bond motifs is 3. The highest BCUT2D eigenvalue weighted by molar-refractivity contribution is 5.89. The smallest absolute Gasteiger partial charge is 0.371 e. The van der Waals surface area contributed by atoms with Crippen LogP contribution >= 0.6 is 0 Å². The Balaban J connectivity index is 1.87. The Hall–Kier alpha value is -3.57. The van der Waals surface area contributed by atoms with Gasteiger partial charge in [0.05, 0.1) is 16.6 Å². The third kappa shape index (κ3) is 4.12. The third-order valence-corrected chi connectivity index (χ3v) is 5.30. The van der Waals surface area contributed by atoms with Crippen molar-refractivity contribution in [1.82, 2.24) is 14.3 Å². The Kier molecular flexibility index (Phi) is 5.76. The lowest BCUT2D eigenvalue weighted by Gasteiger charge is -2.16. The molecule has 5 nitrogen and oxygen atoms in total. The molecule has 8 heteroatoms. The van der Waals surface area contributed by atoms with Gasteiger partial charge < -0.3 is 10.2 Å². The van der Waals surface area contributed by atoms with Crippen LogP contribution in [0.4, 0.5) is 19.0 Å². The number of aromatic nitrogens is 2. The van der Waals surface area contributed by atoms with E-state index in [1.165, 1.54) is 12.1 Å². The lowest BCUT2D eigenvalue weighted by molar-refractivity contribution is -0.137. The molecular weight excluding hydrogens is 415 g/mol. The third-order valence-electron chi connectivity index (χ3n) is 5.30. The first-order valence-electron chi connectivity index (χ1n) is 10.2. The standard InChI is InChI=1S/C24H22F3N5/c1-31(2)13-5-12-29-22-14-18(16-8-10-17(11-9-16)24(25,26)27)19(15-28)23-30-20-6-3-4-7-21(20)32(22)23/h3-4,6-11,14,29H,5,12-13H2,1-2H3. The van der Waals surface area contributed by atoms with Crippen molar-refractivity contribution in [2.75, 3.05) is 32.5 Å². The second kappa shape index (κ2) is 8.52. The van der Waals surface area contributed by atoms with Gasteiger partial charge in [0.15, 0.2) is 5.65 Å². The summed E-state index contributed by atoms with van der Waals surface area (Å²) in [4.78, 5) is 6.75. The minimum atomic E-state index is -4.42. The number of hydrogen-bond donors (Lipinski definition) is 1. The first-order chi connectivity index (χ1) is 15.3. The summed E-state index contributed by atoms with van der Waals surface area (Å²) in [7, 11) is 4.01. The first kappa shape index (κ1) is 21.7. The van der Waals surface area contributed by atoms with Crippen molar-refractivity contribution in [3.05, 3.63) is 65.7 Å². The van der Waals surface area contributed by atoms with E-state index in [4.69, 9.17) is 0 Å². The molecule has 0 saturated heterocycles. The summed E-state index contributed by atoms with van der Waals surface area (Å²) in [5, 5.41) is 13.4. The van der Waals surface area contributed by atoms with Gasteiger partial charge in [0.1, 0.15) is 17.5 Å². The lowest BCUT2D eigenvalue weighted by Crippen LogP contribution is -2.17. The monoisotopic (exact) mass is 437 g/mol. The van der Waals surface area contributed by atoms with Crippen molar-refractivity contribution in [2.24, 2.45) is 0 Å². The molecule has 4 rings (SSSR count). The number of benzene rings is 2. The van der Waals surface area contributed by atoms with Gasteiger partial charge in [-0.1, -0.05) is 24.3 Å². The van der Waals surface area contributed by atoms with Gasteiger partial charge >= 0.3 is 6.18 Å². The molecule has 164 valence electrons. The van der Waals surface area contributed by atoms with Gasteiger partial charge in [-0.25, -0.2) is 4.98 Å². The van der Waals surface area contributed by atoms with Crippen LogP contribution in [0.15, 0.2) is 54.6 Å². The molecule has 0 spiro atoms. The molecule has 0 unspecified atom stereocenters. The highest BCUT2D eigenvalue weighted by atomic mass is 19.4. The van der Waals surface area contributed by atoms with Crippen LogP contribution in [0.25, 0.3) is 27.8 Å². The molecule has 2 heterocycles. The van der Waals surface area contributed by atoms with Crippen LogP contribution in [0.2, 0.25) is 0 Å². The molecule has 0 bridgehead atoms. The van der Waals surface area contributed by atoms with Crippen molar-refractivity contribution >= 4 is 22.5 Å². The molecule has 4 aromatic rings. The first-order valence-corrected chi connectivity index (χ1v) is 10.2. The van der Waals surface area contributed by atoms with E-state index in [0.29, 0.717) is 28.9 Å². The Morgan fingerprint density at radius 3 is 2.47 bits per heavy atom. The van der Waals surface area contributed by atoms with E-state index >= 15 is 0 Å². The Bertz CT molecular complexity index is 1300. The van der Waals surface area contributed by atoms with Crippen LogP contribution in [0.3, 0.4) is 0 Å². The number of pyridine rings is 1. The van der Waals surface area contributed by atoms with Crippen molar-refractivity contribution in [3.8, 4) is 17.2 Å². The van der Waals surface area contributed by atoms with Crippen molar-refractivity contribution < 1.29 is 13.2 Å². The van der Waals surface area contributed by atoms with Crippen LogP contribution in [0.5, 0.6) is 0 Å². The van der Waals surface area contributed by atoms with Crippen LogP contribution < -0.4 is 5.32 Å². The molecule has 32 heavy (non-hydrogen) atoms. The van der Waals surface area contributed by atoms with Gasteiger partial charge in [-0.05, 0) is 63.0 Å². The predicted octanol–water partition coefficient (Wildman–Crippen LogP) is 5.41. The SMILES string of the molecule is CN(C)CCCNc1cc(-c2ccc(C(F)(F)F)cc2)c(C#N)c2nc3ccccc3n12. The summed E-state index contributed by atoms with van der Waals surface area (Å²) in [5.74, 6) is 0.737. The zero-order chi connectivity index (χ0) is 22.9. The maximum absolute atomic E-state index is 13.0. The number of nitrogens with one attached hydrogen (secondary N) is 1. The van der Waals surface area contributed by atoms with Crippen LogP contribution in [0.1, 0.15) is 17.5 Å². The Morgan fingerprint density at radius 2 is 1.81 bits per heavy atom. The van der Waals surface area contributed by atoms with Gasteiger partial charge in [-0.15, -0.1) is 0 Å². The fourth-order valence-corrected chi connectivity index (χ4v) is 3.75. The maximum atomic E-state index is 13.0. The molecule has 0 atom stereocenters. The molecule has 0 radical (unpaired) electrons. The number of rotatable bonds is 6. The minimum absolute atomic E-state index is 0.319. The largest absolute Gasteiger partial charge is 0.416 e. The molecule has 0 amide bonds. The number of hydrogen-bond acceptors (Lipinski definition) is 4. The van der Waals surface area contributed by atoms with Gasteiger partial charge in [0.2, 0.25) is 0 Å². The minimum Gasteiger partial charge on any atom is -0.371 e. The van der Waals surface area contributed by atoms with Crippen LogP contribution in [-0.2, 0) is 6.18 Å². The number of para-hydroxylation sites is 2. The van der Waals surface area contributed by atoms with E-state index in [2.05, 4.69) is 21.3 Å². The maximum Gasteiger partial charge on any atom is 0.416 e. The van der Waals surface area contributed by atoms with Crippen molar-refractivity contribution in [2.45, 2.75) is 12.6 Å². The molecule has 2 aromatic carbocycles. The number of alkyl halides is 3. The summed E-state index contributed by atoms with van der Waals surface area (Å²) in [6.07, 6.45) is -3.52. The summed E-state index contributed by atoms with van der Waals surface area (Å²) in [6.45, 7) is 1.60. The number of nitriles is 1. The average Bonchev–Trinajstić information content (AvgIpc) is 3.15. The van der Waals surface area contributed by atoms with E-state index in [1.807, 2.05) is 48.8 Å². The number of halogens is 3. The van der Waals surface area contributed by atoms with E-state index < -0.39 is 11.7 Å². The molecular formula is C24H22F3N5. The van der Waals surface area contributed by atoms with E-state index in [1.54, 1.807) is 0 Å².